The largest absolute Gasteiger partial charge is 0.385 e. The van der Waals surface area contributed by atoms with E-state index in [0.717, 1.165) is 9.15 Å². The van der Waals surface area contributed by atoms with Crippen molar-refractivity contribution < 1.29 is 18.0 Å². The number of carbonyl (C=O) groups excluding carboxylic acids is 1. The Morgan fingerprint density at radius 1 is 1.26 bits per heavy atom. The second kappa shape index (κ2) is 7.51. The summed E-state index contributed by atoms with van der Waals surface area (Å²) in [6.07, 6.45) is 0. The number of para-hydroxylation sites is 1. The van der Waals surface area contributed by atoms with Crippen molar-refractivity contribution in [1.82, 2.24) is 19.5 Å². The Bertz CT molecular complexity index is 1100. The van der Waals surface area contributed by atoms with Crippen LogP contribution in [0.5, 0.6) is 0 Å². The van der Waals surface area contributed by atoms with E-state index in [9.17, 15) is 13.2 Å². The van der Waals surface area contributed by atoms with Crippen molar-refractivity contribution in [3.8, 4) is 0 Å². The molecule has 3 aromatic rings. The van der Waals surface area contributed by atoms with Gasteiger partial charge >= 0.3 is 0 Å². The number of sulfonamides is 1. The third-order valence-corrected chi connectivity index (χ3v) is 5.77. The molecule has 0 bridgehead atoms. The second-order valence-electron chi connectivity index (χ2n) is 5.70. The number of aromatic nitrogens is 3. The highest BCUT2D eigenvalue weighted by Gasteiger charge is 2.19. The number of fused-ring (bicyclic) bond motifs is 1. The zero-order valence-corrected chi connectivity index (χ0v) is 16.0. The second-order valence-corrected chi connectivity index (χ2v) is 8.26. The molecule has 1 aromatic heterocycles. The molecule has 0 saturated carbocycles. The highest BCUT2D eigenvalue weighted by molar-refractivity contribution is 7.89. The molecule has 142 valence electrons. The molecule has 0 aliphatic rings. The number of anilines is 1. The Labute approximate surface area is 160 Å². The summed E-state index contributed by atoms with van der Waals surface area (Å²) in [5.41, 5.74) is 1.21. The third-order valence-electron chi connectivity index (χ3n) is 3.63. The molecule has 11 heteroatoms. The first-order valence-corrected chi connectivity index (χ1v) is 9.56. The van der Waals surface area contributed by atoms with Crippen molar-refractivity contribution in [3.05, 3.63) is 47.5 Å². The summed E-state index contributed by atoms with van der Waals surface area (Å²) in [4.78, 5) is 18.5. The smallest absolute Gasteiger partial charge is 0.265 e. The number of hydrogen-bond donors (Lipinski definition) is 1. The fourth-order valence-electron chi connectivity index (χ4n) is 2.21. The van der Waals surface area contributed by atoms with Crippen LogP contribution in [0.2, 0.25) is 5.02 Å². The molecule has 0 atom stereocenters. The number of benzene rings is 2. The SMILES string of the molecule is CN(C)S(=O)(=O)c1ccc2nnn(OCC(=O)Nc3ccccc3Cl)c2c1. The lowest BCUT2D eigenvalue weighted by atomic mass is 10.3. The first-order chi connectivity index (χ1) is 12.8. The molecule has 0 aliphatic carbocycles. The lowest BCUT2D eigenvalue weighted by molar-refractivity contribution is -0.121. The summed E-state index contributed by atoms with van der Waals surface area (Å²) in [7, 11) is -0.755. The molecule has 0 spiro atoms. The molecule has 27 heavy (non-hydrogen) atoms. The summed E-state index contributed by atoms with van der Waals surface area (Å²) in [6.45, 7) is -0.367. The van der Waals surface area contributed by atoms with E-state index in [2.05, 4.69) is 15.6 Å². The van der Waals surface area contributed by atoms with Gasteiger partial charge in [0.2, 0.25) is 10.0 Å². The maximum absolute atomic E-state index is 12.3. The number of halogens is 1. The fraction of sp³-hybridized carbons (Fsp3) is 0.188. The van der Waals surface area contributed by atoms with Gasteiger partial charge in [-0.1, -0.05) is 28.6 Å². The Hall–Kier alpha value is -2.69. The van der Waals surface area contributed by atoms with Gasteiger partial charge in [0.25, 0.3) is 5.91 Å². The van der Waals surface area contributed by atoms with Crippen LogP contribution in [0, 0.1) is 0 Å². The van der Waals surface area contributed by atoms with E-state index in [1.54, 1.807) is 24.3 Å². The topological polar surface area (TPSA) is 106 Å². The molecular weight excluding hydrogens is 394 g/mol. The van der Waals surface area contributed by atoms with Crippen molar-refractivity contribution in [1.29, 1.82) is 0 Å². The zero-order valence-electron chi connectivity index (χ0n) is 14.5. The first kappa shape index (κ1) is 19.1. The number of nitrogens with one attached hydrogen (secondary N) is 1. The molecule has 1 N–H and O–H groups in total. The molecule has 0 unspecified atom stereocenters. The maximum Gasteiger partial charge on any atom is 0.265 e. The Kier molecular flexibility index (Phi) is 5.31. The van der Waals surface area contributed by atoms with Crippen molar-refractivity contribution >= 4 is 44.3 Å². The van der Waals surface area contributed by atoms with Gasteiger partial charge in [-0.3, -0.25) is 4.79 Å². The van der Waals surface area contributed by atoms with Gasteiger partial charge in [-0.2, -0.15) is 0 Å². The molecule has 3 rings (SSSR count). The van der Waals surface area contributed by atoms with E-state index in [1.165, 1.54) is 32.3 Å². The van der Waals surface area contributed by atoms with Gasteiger partial charge in [0.05, 0.1) is 15.6 Å². The van der Waals surface area contributed by atoms with E-state index >= 15 is 0 Å². The minimum Gasteiger partial charge on any atom is -0.385 e. The van der Waals surface area contributed by atoms with E-state index in [1.807, 2.05) is 0 Å². The summed E-state index contributed by atoms with van der Waals surface area (Å²) in [5.74, 6) is -0.455. The summed E-state index contributed by atoms with van der Waals surface area (Å²) >= 11 is 5.99. The minimum absolute atomic E-state index is 0.0627. The van der Waals surface area contributed by atoms with Gasteiger partial charge in [0.15, 0.2) is 6.61 Å². The number of rotatable bonds is 6. The molecule has 0 fully saturated rings. The van der Waals surface area contributed by atoms with Gasteiger partial charge in [0, 0.05) is 14.1 Å². The van der Waals surface area contributed by atoms with Gasteiger partial charge in [-0.05, 0) is 35.5 Å². The number of carbonyl (C=O) groups is 1. The summed E-state index contributed by atoms with van der Waals surface area (Å²) < 4.78 is 25.6. The number of hydrogen-bond acceptors (Lipinski definition) is 6. The molecule has 0 saturated heterocycles. The van der Waals surface area contributed by atoms with Crippen LogP contribution in [0.15, 0.2) is 47.4 Å². The number of amides is 1. The molecule has 1 amide bonds. The van der Waals surface area contributed by atoms with Crippen molar-refractivity contribution in [2.75, 3.05) is 26.0 Å². The normalized spacial score (nSPS) is 11.7. The van der Waals surface area contributed by atoms with Crippen molar-refractivity contribution in [2.45, 2.75) is 4.90 Å². The van der Waals surface area contributed by atoms with Crippen LogP contribution in [-0.4, -0.2) is 54.5 Å². The maximum atomic E-state index is 12.3. The van der Waals surface area contributed by atoms with E-state index < -0.39 is 15.9 Å². The molecule has 9 nitrogen and oxygen atoms in total. The van der Waals surface area contributed by atoms with Crippen LogP contribution in [-0.2, 0) is 14.8 Å². The quantitative estimate of drug-likeness (QED) is 0.659. The van der Waals surface area contributed by atoms with Crippen LogP contribution in [0.4, 0.5) is 5.69 Å². The predicted molar refractivity (Wildman–Crippen MR) is 99.9 cm³/mol. The Morgan fingerprint density at radius 3 is 2.70 bits per heavy atom. The predicted octanol–water partition coefficient (Wildman–Crippen LogP) is 1.40. The van der Waals surface area contributed by atoms with Crippen LogP contribution < -0.4 is 10.2 Å². The Balaban J connectivity index is 1.77. The Morgan fingerprint density at radius 2 is 2.00 bits per heavy atom. The highest BCUT2D eigenvalue weighted by atomic mass is 35.5. The van der Waals surface area contributed by atoms with Crippen LogP contribution in [0.25, 0.3) is 11.0 Å². The fourth-order valence-corrected chi connectivity index (χ4v) is 3.32. The number of nitrogens with zero attached hydrogens (tertiary/aromatic N) is 4. The summed E-state index contributed by atoms with van der Waals surface area (Å²) in [5, 5.41) is 10.7. The molecule has 1 heterocycles. The molecule has 0 radical (unpaired) electrons. The summed E-state index contributed by atoms with van der Waals surface area (Å²) in [6, 6.07) is 11.1. The van der Waals surface area contributed by atoms with Crippen molar-refractivity contribution in [3.63, 3.8) is 0 Å². The lowest BCUT2D eigenvalue weighted by Crippen LogP contribution is -2.26. The zero-order chi connectivity index (χ0) is 19.6. The van der Waals surface area contributed by atoms with Crippen LogP contribution in [0.3, 0.4) is 0 Å². The lowest BCUT2D eigenvalue weighted by Gasteiger charge is -2.11. The van der Waals surface area contributed by atoms with E-state index in [4.69, 9.17) is 16.4 Å². The van der Waals surface area contributed by atoms with Crippen molar-refractivity contribution in [2.24, 2.45) is 0 Å². The monoisotopic (exact) mass is 409 g/mol. The van der Waals surface area contributed by atoms with Crippen LogP contribution >= 0.6 is 11.6 Å². The van der Waals surface area contributed by atoms with Gasteiger partial charge in [0.1, 0.15) is 11.0 Å². The van der Waals surface area contributed by atoms with Gasteiger partial charge < -0.3 is 10.2 Å². The third kappa shape index (κ3) is 4.02. The standard InChI is InChI=1S/C16H16ClN5O4S/c1-21(2)27(24,25)11-7-8-14-15(9-11)22(20-19-14)26-10-16(23)18-13-6-4-3-5-12(13)17/h3-9H,10H2,1-2H3,(H,18,23). The van der Waals surface area contributed by atoms with E-state index in [-0.39, 0.29) is 11.5 Å². The molecule has 0 aliphatic heterocycles. The average Bonchev–Trinajstić information content (AvgIpc) is 3.04. The van der Waals surface area contributed by atoms with Gasteiger partial charge in [-0.25, -0.2) is 12.7 Å². The van der Waals surface area contributed by atoms with Crippen LogP contribution in [0.1, 0.15) is 0 Å². The minimum atomic E-state index is -3.62. The first-order valence-electron chi connectivity index (χ1n) is 7.74. The van der Waals surface area contributed by atoms with E-state index in [0.29, 0.717) is 21.7 Å². The molecular formula is C16H16ClN5O4S. The van der Waals surface area contributed by atoms with Gasteiger partial charge in [-0.15, -0.1) is 5.10 Å². The average molecular weight is 410 g/mol. The molecule has 2 aromatic carbocycles. The highest BCUT2D eigenvalue weighted by Crippen LogP contribution is 2.21.